The quantitative estimate of drug-likeness (QED) is 0.714. The summed E-state index contributed by atoms with van der Waals surface area (Å²) in [6.07, 6.45) is -2.75. The number of hydrogen-bond acceptors (Lipinski definition) is 5. The van der Waals surface area contributed by atoms with E-state index in [1.165, 1.54) is 0 Å². The molecule has 3 heterocycles. The number of nitrogens with one attached hydrogen (secondary N) is 2. The lowest BCUT2D eigenvalue weighted by Crippen LogP contribution is -2.63. The van der Waals surface area contributed by atoms with Crippen LogP contribution in [0.1, 0.15) is 24.0 Å². The van der Waals surface area contributed by atoms with Crippen molar-refractivity contribution in [2.75, 3.05) is 24.5 Å². The van der Waals surface area contributed by atoms with Gasteiger partial charge in [0, 0.05) is 50.5 Å². The van der Waals surface area contributed by atoms with E-state index in [-0.39, 0.29) is 12.6 Å². The Hall–Kier alpha value is -1.84. The molecule has 0 aliphatic carbocycles. The van der Waals surface area contributed by atoms with Gasteiger partial charge in [0.1, 0.15) is 0 Å². The number of rotatable bonds is 2. The molecular weight excluding hydrogens is 359 g/mol. The second-order valence-electron chi connectivity index (χ2n) is 7.60. The minimum Gasteiger partial charge on any atom is -0.371 e. The highest BCUT2D eigenvalue weighted by Gasteiger charge is 2.53. The number of nitrogens with zero attached hydrogens (tertiary/aromatic N) is 2. The number of alkyl halides is 3. The SMILES string of the molecule is NC1CCN(c2cccc3c2CN(C2CNNC(=O)C2C(F)(F)F)C3)CC1. The molecule has 6 nitrogen and oxygen atoms in total. The number of anilines is 1. The van der Waals surface area contributed by atoms with Gasteiger partial charge in [0.2, 0.25) is 5.91 Å². The first-order valence-corrected chi connectivity index (χ1v) is 9.29. The van der Waals surface area contributed by atoms with Crippen LogP contribution in [0.15, 0.2) is 18.2 Å². The molecule has 0 aromatic heterocycles. The molecule has 3 aliphatic heterocycles. The lowest BCUT2D eigenvalue weighted by molar-refractivity contribution is -0.201. The number of nitrogens with two attached hydrogens (primary N) is 1. The summed E-state index contributed by atoms with van der Waals surface area (Å²) in [7, 11) is 0. The van der Waals surface area contributed by atoms with E-state index < -0.39 is 24.0 Å². The van der Waals surface area contributed by atoms with Crippen molar-refractivity contribution in [2.45, 2.75) is 44.2 Å². The molecule has 2 saturated heterocycles. The normalized spacial score (nSPS) is 27.6. The van der Waals surface area contributed by atoms with Gasteiger partial charge in [-0.2, -0.15) is 13.2 Å². The van der Waals surface area contributed by atoms with Crippen LogP contribution in [0.5, 0.6) is 0 Å². The fraction of sp³-hybridized carbons (Fsp3) is 0.611. The molecule has 0 spiro atoms. The van der Waals surface area contributed by atoms with Gasteiger partial charge in [-0.05, 0) is 30.0 Å². The van der Waals surface area contributed by atoms with Crippen molar-refractivity contribution in [3.63, 3.8) is 0 Å². The Labute approximate surface area is 155 Å². The maximum atomic E-state index is 13.5. The van der Waals surface area contributed by atoms with Crippen molar-refractivity contribution >= 4 is 11.6 Å². The lowest BCUT2D eigenvalue weighted by atomic mass is 9.95. The van der Waals surface area contributed by atoms with Crippen LogP contribution in [-0.2, 0) is 17.9 Å². The molecule has 3 aliphatic rings. The van der Waals surface area contributed by atoms with Crippen LogP contribution < -0.4 is 21.5 Å². The molecule has 1 amide bonds. The summed E-state index contributed by atoms with van der Waals surface area (Å²) in [6, 6.07) is 5.25. The standard InChI is InChI=1S/C18H24F3N5O/c19-18(20,21)16-15(8-23-24-17(16)27)26-9-11-2-1-3-14(13(11)10-26)25-6-4-12(22)5-7-25/h1-3,12,15-16,23H,4-10,22H2,(H,24,27). The molecule has 4 rings (SSSR count). The van der Waals surface area contributed by atoms with Gasteiger partial charge >= 0.3 is 6.18 Å². The van der Waals surface area contributed by atoms with Crippen molar-refractivity contribution in [3.8, 4) is 0 Å². The van der Waals surface area contributed by atoms with Crippen molar-refractivity contribution < 1.29 is 18.0 Å². The number of halogens is 3. The van der Waals surface area contributed by atoms with Crippen LogP contribution >= 0.6 is 0 Å². The monoisotopic (exact) mass is 383 g/mol. The van der Waals surface area contributed by atoms with E-state index in [2.05, 4.69) is 15.8 Å². The molecule has 0 bridgehead atoms. The van der Waals surface area contributed by atoms with E-state index in [0.717, 1.165) is 42.7 Å². The van der Waals surface area contributed by atoms with Crippen LogP contribution in [0.3, 0.4) is 0 Å². The van der Waals surface area contributed by atoms with Crippen LogP contribution in [0, 0.1) is 5.92 Å². The molecule has 9 heteroatoms. The largest absolute Gasteiger partial charge is 0.402 e. The van der Waals surface area contributed by atoms with E-state index in [1.54, 1.807) is 4.90 Å². The van der Waals surface area contributed by atoms with E-state index in [4.69, 9.17) is 5.73 Å². The number of piperidine rings is 1. The summed E-state index contributed by atoms with van der Waals surface area (Å²) >= 11 is 0. The van der Waals surface area contributed by atoms with Crippen LogP contribution in [0.25, 0.3) is 0 Å². The fourth-order valence-corrected chi connectivity index (χ4v) is 4.42. The average Bonchev–Trinajstić information content (AvgIpc) is 3.05. The Kier molecular flexibility index (Phi) is 4.77. The van der Waals surface area contributed by atoms with Crippen molar-refractivity contribution in [3.05, 3.63) is 29.3 Å². The Balaban J connectivity index is 1.57. The van der Waals surface area contributed by atoms with Gasteiger partial charge in [-0.25, -0.2) is 5.43 Å². The number of fused-ring (bicyclic) bond motifs is 1. The molecule has 0 saturated carbocycles. The average molecular weight is 383 g/mol. The van der Waals surface area contributed by atoms with Gasteiger partial charge in [-0.15, -0.1) is 0 Å². The maximum absolute atomic E-state index is 13.5. The van der Waals surface area contributed by atoms with Crippen LogP contribution in [-0.4, -0.2) is 48.7 Å². The van der Waals surface area contributed by atoms with Crippen molar-refractivity contribution in [2.24, 2.45) is 11.7 Å². The fourth-order valence-electron chi connectivity index (χ4n) is 4.42. The third-order valence-electron chi connectivity index (χ3n) is 5.87. The number of hydrogen-bond donors (Lipinski definition) is 3. The molecule has 148 valence electrons. The highest BCUT2D eigenvalue weighted by atomic mass is 19.4. The zero-order valence-electron chi connectivity index (χ0n) is 14.9. The first-order chi connectivity index (χ1) is 12.8. The first-order valence-electron chi connectivity index (χ1n) is 9.29. The molecule has 2 fully saturated rings. The van der Waals surface area contributed by atoms with Crippen LogP contribution in [0.4, 0.5) is 18.9 Å². The van der Waals surface area contributed by atoms with E-state index in [1.807, 2.05) is 18.2 Å². The number of carbonyl (C=O) groups excluding carboxylic acids is 1. The summed E-state index contributed by atoms with van der Waals surface area (Å²) in [5.74, 6) is -3.04. The molecule has 4 N–H and O–H groups in total. The predicted molar refractivity (Wildman–Crippen MR) is 94.6 cm³/mol. The maximum Gasteiger partial charge on any atom is 0.402 e. The van der Waals surface area contributed by atoms with Gasteiger partial charge < -0.3 is 10.6 Å². The van der Waals surface area contributed by atoms with Gasteiger partial charge in [-0.1, -0.05) is 12.1 Å². The number of amides is 1. The Morgan fingerprint density at radius 1 is 1.15 bits per heavy atom. The number of carbonyl (C=O) groups is 1. The third kappa shape index (κ3) is 3.51. The van der Waals surface area contributed by atoms with Crippen LogP contribution in [0.2, 0.25) is 0 Å². The van der Waals surface area contributed by atoms with Gasteiger partial charge in [0.05, 0.1) is 0 Å². The number of hydrazine groups is 1. The predicted octanol–water partition coefficient (Wildman–Crippen LogP) is 1.11. The van der Waals surface area contributed by atoms with Crippen molar-refractivity contribution in [1.29, 1.82) is 0 Å². The minimum atomic E-state index is -4.57. The van der Waals surface area contributed by atoms with E-state index >= 15 is 0 Å². The molecule has 1 aromatic carbocycles. The van der Waals surface area contributed by atoms with Gasteiger partial charge in [-0.3, -0.25) is 15.1 Å². The summed E-state index contributed by atoms with van der Waals surface area (Å²) in [5.41, 5.74) is 13.9. The number of benzene rings is 1. The summed E-state index contributed by atoms with van der Waals surface area (Å²) in [4.78, 5) is 15.9. The molecule has 2 atom stereocenters. The molecule has 1 aromatic rings. The molecule has 27 heavy (non-hydrogen) atoms. The van der Waals surface area contributed by atoms with E-state index in [0.29, 0.717) is 13.1 Å². The smallest absolute Gasteiger partial charge is 0.371 e. The van der Waals surface area contributed by atoms with Crippen molar-refractivity contribution in [1.82, 2.24) is 15.8 Å². The minimum absolute atomic E-state index is 0.0673. The Bertz CT molecular complexity index is 717. The summed E-state index contributed by atoms with van der Waals surface area (Å²) in [6.45, 7) is 2.62. The molecular formula is C18H24F3N5O. The molecule has 2 unspecified atom stereocenters. The van der Waals surface area contributed by atoms with E-state index in [9.17, 15) is 18.0 Å². The topological polar surface area (TPSA) is 73.6 Å². The van der Waals surface area contributed by atoms with Gasteiger partial charge in [0.25, 0.3) is 0 Å². The third-order valence-corrected chi connectivity index (χ3v) is 5.87. The lowest BCUT2D eigenvalue weighted by Gasteiger charge is -2.38. The highest BCUT2D eigenvalue weighted by Crippen LogP contribution is 2.38. The second-order valence-corrected chi connectivity index (χ2v) is 7.60. The highest BCUT2D eigenvalue weighted by molar-refractivity contribution is 5.80. The summed E-state index contributed by atoms with van der Waals surface area (Å²) < 4.78 is 40.5. The zero-order chi connectivity index (χ0) is 19.2. The Morgan fingerprint density at radius 2 is 1.89 bits per heavy atom. The summed E-state index contributed by atoms with van der Waals surface area (Å²) in [5, 5.41) is 0. The second kappa shape index (κ2) is 6.96. The van der Waals surface area contributed by atoms with Gasteiger partial charge in [0.15, 0.2) is 5.92 Å². The molecule has 0 radical (unpaired) electrons. The Morgan fingerprint density at radius 3 is 2.59 bits per heavy atom. The zero-order valence-corrected chi connectivity index (χ0v) is 14.9. The first kappa shape index (κ1) is 18.5.